The summed E-state index contributed by atoms with van der Waals surface area (Å²) in [5.74, 6) is -0.557. The van der Waals surface area contributed by atoms with Gasteiger partial charge in [-0.05, 0) is 42.1 Å². The molecule has 2 saturated heterocycles. The Labute approximate surface area is 190 Å². The maximum atomic E-state index is 12.6. The first-order chi connectivity index (χ1) is 15.4. The quantitative estimate of drug-likeness (QED) is 0.673. The number of carbonyl (C=O) groups excluding carboxylic acids is 3. The molecule has 0 aliphatic carbocycles. The molecule has 2 aliphatic heterocycles. The van der Waals surface area contributed by atoms with E-state index >= 15 is 0 Å². The zero-order valence-corrected chi connectivity index (χ0v) is 19.0. The lowest BCUT2D eigenvalue weighted by molar-refractivity contribution is -0.131. The predicted molar refractivity (Wildman–Crippen MR) is 120 cm³/mol. The molecule has 3 heterocycles. The maximum absolute atomic E-state index is 12.6. The molecular weight excluding hydrogens is 452 g/mol. The first-order valence-electron chi connectivity index (χ1n) is 10.4. The largest absolute Gasteiger partial charge is 0.343 e. The number of hydrogen-bond donors (Lipinski definition) is 1. The Morgan fingerprint density at radius 3 is 2.31 bits per heavy atom. The van der Waals surface area contributed by atoms with Crippen LogP contribution >= 0.6 is 11.3 Å². The Kier molecular flexibility index (Phi) is 6.58. The van der Waals surface area contributed by atoms with Gasteiger partial charge in [-0.25, -0.2) is 8.42 Å². The van der Waals surface area contributed by atoms with Crippen molar-refractivity contribution in [1.82, 2.24) is 14.5 Å². The average Bonchev–Trinajstić information content (AvgIpc) is 3.50. The highest BCUT2D eigenvalue weighted by Gasteiger charge is 2.30. The smallest absolute Gasteiger partial charge is 0.252 e. The number of amides is 3. The lowest BCUT2D eigenvalue weighted by atomic mass is 10.2. The molecule has 2 aromatic rings. The van der Waals surface area contributed by atoms with Gasteiger partial charge in [-0.2, -0.15) is 4.31 Å². The maximum Gasteiger partial charge on any atom is 0.252 e. The van der Waals surface area contributed by atoms with Gasteiger partial charge in [0.2, 0.25) is 11.8 Å². The number of carbonyl (C=O) groups is 3. The van der Waals surface area contributed by atoms with Crippen LogP contribution < -0.4 is 10.2 Å². The van der Waals surface area contributed by atoms with Gasteiger partial charge in [0, 0.05) is 50.4 Å². The zero-order chi connectivity index (χ0) is 22.7. The molecule has 2 fully saturated rings. The molecule has 0 atom stereocenters. The summed E-state index contributed by atoms with van der Waals surface area (Å²) in [4.78, 5) is 40.0. The fourth-order valence-corrected chi connectivity index (χ4v) is 6.37. The molecule has 2 aliphatic rings. The van der Waals surface area contributed by atoms with E-state index in [1.165, 1.54) is 15.6 Å². The third-order valence-electron chi connectivity index (χ3n) is 5.60. The second-order valence-electron chi connectivity index (χ2n) is 7.60. The van der Waals surface area contributed by atoms with Crippen LogP contribution in [0.25, 0.3) is 0 Å². The molecule has 0 saturated carbocycles. The van der Waals surface area contributed by atoms with Crippen LogP contribution in [0.15, 0.2) is 46.0 Å². The molecule has 32 heavy (non-hydrogen) atoms. The number of nitrogens with one attached hydrogen (secondary N) is 1. The van der Waals surface area contributed by atoms with Crippen molar-refractivity contribution in [3.63, 3.8) is 0 Å². The number of rotatable bonds is 6. The van der Waals surface area contributed by atoms with Crippen molar-refractivity contribution in [3.05, 3.63) is 47.3 Å². The Hall–Kier alpha value is -2.76. The van der Waals surface area contributed by atoms with E-state index in [0.29, 0.717) is 22.7 Å². The van der Waals surface area contributed by atoms with E-state index in [2.05, 4.69) is 5.32 Å². The number of anilines is 1. The van der Waals surface area contributed by atoms with Crippen molar-refractivity contribution < 1.29 is 22.8 Å². The van der Waals surface area contributed by atoms with Gasteiger partial charge >= 0.3 is 0 Å². The predicted octanol–water partition coefficient (Wildman–Crippen LogP) is 1.14. The van der Waals surface area contributed by atoms with E-state index < -0.39 is 10.0 Å². The molecule has 0 spiro atoms. The third-order valence-corrected chi connectivity index (χ3v) is 8.87. The number of piperazine rings is 1. The normalized spacial score (nSPS) is 17.6. The molecule has 170 valence electrons. The van der Waals surface area contributed by atoms with Gasteiger partial charge in [-0.1, -0.05) is 6.07 Å². The highest BCUT2D eigenvalue weighted by atomic mass is 32.2. The standard InChI is InChI=1S/C21H24N4O5S2/c26-18-3-1-9-25(18)17-7-5-16(6-8-17)21(28)22-15-19(27)23-10-12-24(13-11-23)32(29,30)20-4-2-14-31-20/h2,4-8,14H,1,3,9-13,15H2,(H,22,28). The van der Waals surface area contributed by atoms with Crippen LogP contribution in [0.4, 0.5) is 5.69 Å². The summed E-state index contributed by atoms with van der Waals surface area (Å²) in [5.41, 5.74) is 1.16. The third kappa shape index (κ3) is 4.69. The molecular formula is C21H24N4O5S2. The van der Waals surface area contributed by atoms with E-state index in [4.69, 9.17) is 0 Å². The number of benzene rings is 1. The van der Waals surface area contributed by atoms with Crippen molar-refractivity contribution in [2.75, 3.05) is 44.2 Å². The summed E-state index contributed by atoms with van der Waals surface area (Å²) in [6.45, 7) is 1.51. The van der Waals surface area contributed by atoms with Crippen LogP contribution in [0.3, 0.4) is 0 Å². The van der Waals surface area contributed by atoms with Gasteiger partial charge in [0.05, 0.1) is 6.54 Å². The van der Waals surface area contributed by atoms with Crippen LogP contribution in [-0.4, -0.2) is 74.6 Å². The van der Waals surface area contributed by atoms with Crippen molar-refractivity contribution in [2.45, 2.75) is 17.1 Å². The fourth-order valence-electron chi connectivity index (χ4n) is 3.80. The van der Waals surface area contributed by atoms with Crippen molar-refractivity contribution in [3.8, 4) is 0 Å². The van der Waals surface area contributed by atoms with Gasteiger partial charge in [0.25, 0.3) is 15.9 Å². The lowest BCUT2D eigenvalue weighted by Gasteiger charge is -2.33. The molecule has 4 rings (SSSR count). The minimum Gasteiger partial charge on any atom is -0.343 e. The van der Waals surface area contributed by atoms with Crippen molar-refractivity contribution in [1.29, 1.82) is 0 Å². The van der Waals surface area contributed by atoms with Crippen LogP contribution in [-0.2, 0) is 19.6 Å². The number of nitrogens with zero attached hydrogens (tertiary/aromatic N) is 3. The Morgan fingerprint density at radius 1 is 1.00 bits per heavy atom. The summed E-state index contributed by atoms with van der Waals surface area (Å²) >= 11 is 1.17. The first-order valence-corrected chi connectivity index (χ1v) is 12.7. The minimum absolute atomic E-state index is 0.0797. The molecule has 0 radical (unpaired) electrons. The number of sulfonamides is 1. The SMILES string of the molecule is O=C(NCC(=O)N1CCN(S(=O)(=O)c2cccs2)CC1)c1ccc(N2CCCC2=O)cc1. The van der Waals surface area contributed by atoms with Gasteiger partial charge in [-0.15, -0.1) is 11.3 Å². The molecule has 11 heteroatoms. The van der Waals surface area contributed by atoms with E-state index in [0.717, 1.165) is 12.1 Å². The topological polar surface area (TPSA) is 107 Å². The molecule has 1 aromatic heterocycles. The van der Waals surface area contributed by atoms with E-state index in [-0.39, 0.29) is 50.4 Å². The van der Waals surface area contributed by atoms with Gasteiger partial charge < -0.3 is 15.1 Å². The van der Waals surface area contributed by atoms with Crippen LogP contribution in [0.5, 0.6) is 0 Å². The molecule has 9 nitrogen and oxygen atoms in total. The summed E-state index contributed by atoms with van der Waals surface area (Å²) in [6.07, 6.45) is 1.37. The van der Waals surface area contributed by atoms with Crippen LogP contribution in [0.2, 0.25) is 0 Å². The summed E-state index contributed by atoms with van der Waals surface area (Å²) in [5, 5.41) is 4.33. The fraction of sp³-hybridized carbons (Fsp3) is 0.381. The summed E-state index contributed by atoms with van der Waals surface area (Å²) in [7, 11) is -3.52. The second kappa shape index (κ2) is 9.39. The Bertz CT molecular complexity index is 1090. The van der Waals surface area contributed by atoms with Crippen LogP contribution in [0.1, 0.15) is 23.2 Å². The highest BCUT2D eigenvalue weighted by Crippen LogP contribution is 2.23. The Morgan fingerprint density at radius 2 is 1.72 bits per heavy atom. The number of thiophene rings is 1. The molecule has 0 unspecified atom stereocenters. The summed E-state index contributed by atoms with van der Waals surface area (Å²) in [6, 6.07) is 9.99. The second-order valence-corrected chi connectivity index (χ2v) is 10.7. The highest BCUT2D eigenvalue weighted by molar-refractivity contribution is 7.91. The molecule has 3 amide bonds. The van der Waals surface area contributed by atoms with Gasteiger partial charge in [-0.3, -0.25) is 14.4 Å². The summed E-state index contributed by atoms with van der Waals surface area (Å²) < 4.78 is 26.8. The molecule has 0 bridgehead atoms. The molecule has 1 N–H and O–H groups in total. The number of hydrogen-bond acceptors (Lipinski definition) is 6. The zero-order valence-electron chi connectivity index (χ0n) is 17.4. The van der Waals surface area contributed by atoms with Crippen molar-refractivity contribution >= 4 is 44.8 Å². The van der Waals surface area contributed by atoms with E-state index in [1.807, 2.05) is 0 Å². The van der Waals surface area contributed by atoms with Crippen LogP contribution in [0, 0.1) is 0 Å². The van der Waals surface area contributed by atoms with E-state index in [1.54, 1.807) is 51.6 Å². The minimum atomic E-state index is -3.52. The average molecular weight is 477 g/mol. The lowest BCUT2D eigenvalue weighted by Crippen LogP contribution is -2.52. The van der Waals surface area contributed by atoms with Gasteiger partial charge in [0.15, 0.2) is 0 Å². The monoisotopic (exact) mass is 476 g/mol. The van der Waals surface area contributed by atoms with E-state index in [9.17, 15) is 22.8 Å². The van der Waals surface area contributed by atoms with Gasteiger partial charge in [0.1, 0.15) is 4.21 Å². The first kappa shape index (κ1) is 22.4. The Balaban J connectivity index is 1.26. The molecule has 1 aromatic carbocycles. The van der Waals surface area contributed by atoms with Crippen molar-refractivity contribution in [2.24, 2.45) is 0 Å².